The maximum absolute atomic E-state index is 10.1. The first-order valence-electron chi connectivity index (χ1n) is 5.94. The summed E-state index contributed by atoms with van der Waals surface area (Å²) in [7, 11) is 0. The molecule has 2 atom stereocenters. The molecule has 1 aromatic carbocycles. The van der Waals surface area contributed by atoms with Crippen molar-refractivity contribution in [3.8, 4) is 11.8 Å². The zero-order chi connectivity index (χ0) is 12.9. The topological polar surface area (TPSA) is 20.2 Å². The Morgan fingerprint density at radius 3 is 2.47 bits per heavy atom. The molecule has 0 aliphatic rings. The molecule has 1 aromatic rings. The minimum Gasteiger partial charge on any atom is -0.378 e. The summed E-state index contributed by atoms with van der Waals surface area (Å²) in [5.74, 6) is 6.38. The number of hydrogen-bond acceptors (Lipinski definition) is 1. The van der Waals surface area contributed by atoms with E-state index >= 15 is 0 Å². The molecule has 0 radical (unpaired) electrons. The highest BCUT2D eigenvalue weighted by molar-refractivity contribution is 6.30. The van der Waals surface area contributed by atoms with E-state index in [2.05, 4.69) is 25.7 Å². The van der Waals surface area contributed by atoms with E-state index in [4.69, 9.17) is 11.6 Å². The van der Waals surface area contributed by atoms with Gasteiger partial charge in [-0.2, -0.15) is 0 Å². The second-order valence-electron chi connectivity index (χ2n) is 4.75. The summed E-state index contributed by atoms with van der Waals surface area (Å²) in [6.07, 6.45) is 1.75. The van der Waals surface area contributed by atoms with E-state index in [0.29, 0.717) is 17.4 Å². The maximum Gasteiger partial charge on any atom is 0.123 e. The minimum absolute atomic E-state index is 0.476. The van der Waals surface area contributed by atoms with Crippen molar-refractivity contribution >= 4 is 11.6 Å². The quantitative estimate of drug-likeness (QED) is 0.808. The molecule has 2 unspecified atom stereocenters. The van der Waals surface area contributed by atoms with Crippen molar-refractivity contribution in [1.29, 1.82) is 0 Å². The van der Waals surface area contributed by atoms with Gasteiger partial charge in [0.2, 0.25) is 0 Å². The highest BCUT2D eigenvalue weighted by Gasteiger charge is 2.19. The summed E-state index contributed by atoms with van der Waals surface area (Å²) < 4.78 is 0. The van der Waals surface area contributed by atoms with Crippen LogP contribution in [0.4, 0.5) is 0 Å². The summed E-state index contributed by atoms with van der Waals surface area (Å²) in [6, 6.07) is 7.31. The molecule has 0 saturated carbocycles. The van der Waals surface area contributed by atoms with E-state index in [1.165, 1.54) is 0 Å². The van der Waals surface area contributed by atoms with Crippen LogP contribution in [0.15, 0.2) is 24.3 Å². The largest absolute Gasteiger partial charge is 0.378 e. The van der Waals surface area contributed by atoms with E-state index in [1.54, 1.807) is 19.1 Å². The van der Waals surface area contributed by atoms with Gasteiger partial charge in [-0.15, -0.1) is 0 Å². The van der Waals surface area contributed by atoms with Gasteiger partial charge in [-0.3, -0.25) is 0 Å². The lowest BCUT2D eigenvalue weighted by Gasteiger charge is -2.20. The van der Waals surface area contributed by atoms with Crippen molar-refractivity contribution in [3.05, 3.63) is 34.9 Å². The lowest BCUT2D eigenvalue weighted by molar-refractivity contribution is 0.0939. The summed E-state index contributed by atoms with van der Waals surface area (Å²) in [5.41, 5.74) is -0.0477. The summed E-state index contributed by atoms with van der Waals surface area (Å²) >= 11 is 5.79. The van der Waals surface area contributed by atoms with Gasteiger partial charge in [0.25, 0.3) is 0 Å². The van der Waals surface area contributed by atoms with Gasteiger partial charge >= 0.3 is 0 Å². The van der Waals surface area contributed by atoms with Crippen LogP contribution in [-0.2, 0) is 0 Å². The first-order valence-corrected chi connectivity index (χ1v) is 6.32. The van der Waals surface area contributed by atoms with Crippen LogP contribution in [0.2, 0.25) is 5.02 Å². The minimum atomic E-state index is -0.922. The smallest absolute Gasteiger partial charge is 0.123 e. The van der Waals surface area contributed by atoms with Crippen LogP contribution >= 0.6 is 11.6 Å². The van der Waals surface area contributed by atoms with Gasteiger partial charge in [-0.1, -0.05) is 43.7 Å². The van der Waals surface area contributed by atoms with Crippen LogP contribution in [0, 0.1) is 17.8 Å². The summed E-state index contributed by atoms with van der Waals surface area (Å²) in [6.45, 7) is 6.01. The van der Waals surface area contributed by atoms with Crippen molar-refractivity contribution in [2.45, 2.75) is 39.2 Å². The maximum atomic E-state index is 10.1. The third kappa shape index (κ3) is 5.26. The number of benzene rings is 1. The van der Waals surface area contributed by atoms with Gasteiger partial charge in [-0.25, -0.2) is 0 Å². The Bertz CT molecular complexity index is 409. The Labute approximate surface area is 109 Å². The number of hydrogen-bond donors (Lipinski definition) is 1. The first-order chi connectivity index (χ1) is 7.93. The normalized spacial score (nSPS) is 15.6. The van der Waals surface area contributed by atoms with Gasteiger partial charge in [0, 0.05) is 10.6 Å². The molecule has 0 saturated heterocycles. The molecular formula is C15H19ClO. The van der Waals surface area contributed by atoms with E-state index in [0.717, 1.165) is 12.0 Å². The molecule has 0 spiro atoms. The Morgan fingerprint density at radius 1 is 1.35 bits per heavy atom. The fourth-order valence-corrected chi connectivity index (χ4v) is 1.74. The van der Waals surface area contributed by atoms with Crippen molar-refractivity contribution in [2.75, 3.05) is 0 Å². The molecule has 0 aliphatic heterocycles. The van der Waals surface area contributed by atoms with Crippen molar-refractivity contribution in [3.63, 3.8) is 0 Å². The van der Waals surface area contributed by atoms with E-state index < -0.39 is 5.60 Å². The van der Waals surface area contributed by atoms with E-state index in [1.807, 2.05) is 12.1 Å². The monoisotopic (exact) mass is 250 g/mol. The SMILES string of the molecule is CCC(C)CC(C)(O)C#Cc1ccc(Cl)cc1. The molecule has 0 bridgehead atoms. The number of halogens is 1. The highest BCUT2D eigenvalue weighted by Crippen LogP contribution is 2.18. The highest BCUT2D eigenvalue weighted by atomic mass is 35.5. The van der Waals surface area contributed by atoms with Gasteiger partial charge in [-0.05, 0) is 43.5 Å². The van der Waals surface area contributed by atoms with Crippen LogP contribution in [0.5, 0.6) is 0 Å². The summed E-state index contributed by atoms with van der Waals surface area (Å²) in [5, 5.41) is 10.8. The number of rotatable bonds is 3. The third-order valence-corrected chi connectivity index (χ3v) is 3.02. The second-order valence-corrected chi connectivity index (χ2v) is 5.18. The van der Waals surface area contributed by atoms with Crippen molar-refractivity contribution in [2.24, 2.45) is 5.92 Å². The van der Waals surface area contributed by atoms with Gasteiger partial charge < -0.3 is 5.11 Å². The molecule has 0 fully saturated rings. The Kier molecular flexibility index (Phi) is 5.05. The van der Waals surface area contributed by atoms with E-state index in [-0.39, 0.29) is 0 Å². The Morgan fingerprint density at radius 2 is 1.94 bits per heavy atom. The lowest BCUT2D eigenvalue weighted by Crippen LogP contribution is -2.24. The predicted octanol–water partition coefficient (Wildman–Crippen LogP) is 3.88. The number of aliphatic hydroxyl groups is 1. The zero-order valence-corrected chi connectivity index (χ0v) is 11.4. The molecule has 0 amide bonds. The first kappa shape index (κ1) is 14.1. The van der Waals surface area contributed by atoms with Crippen LogP contribution in [0.1, 0.15) is 39.2 Å². The fraction of sp³-hybridized carbons (Fsp3) is 0.467. The lowest BCUT2D eigenvalue weighted by atomic mass is 9.92. The summed E-state index contributed by atoms with van der Waals surface area (Å²) in [4.78, 5) is 0. The zero-order valence-electron chi connectivity index (χ0n) is 10.6. The molecule has 0 aromatic heterocycles. The average Bonchev–Trinajstić information content (AvgIpc) is 2.28. The standard InChI is InChI=1S/C15H19ClO/c1-4-12(2)11-15(3,17)10-9-13-5-7-14(16)8-6-13/h5-8,12,17H,4,11H2,1-3H3. The average molecular weight is 251 g/mol. The van der Waals surface area contributed by atoms with Crippen LogP contribution < -0.4 is 0 Å². The van der Waals surface area contributed by atoms with Crippen molar-refractivity contribution in [1.82, 2.24) is 0 Å². The molecule has 17 heavy (non-hydrogen) atoms. The molecule has 0 aliphatic carbocycles. The van der Waals surface area contributed by atoms with Crippen LogP contribution in [0.3, 0.4) is 0 Å². The van der Waals surface area contributed by atoms with Crippen molar-refractivity contribution < 1.29 is 5.11 Å². The molecular weight excluding hydrogens is 232 g/mol. The van der Waals surface area contributed by atoms with Gasteiger partial charge in [0.15, 0.2) is 0 Å². The van der Waals surface area contributed by atoms with E-state index in [9.17, 15) is 5.11 Å². The van der Waals surface area contributed by atoms with Gasteiger partial charge in [0.1, 0.15) is 5.60 Å². The molecule has 92 valence electrons. The van der Waals surface area contributed by atoms with Crippen LogP contribution in [0.25, 0.3) is 0 Å². The molecule has 1 nitrogen and oxygen atoms in total. The molecule has 1 N–H and O–H groups in total. The fourth-order valence-electron chi connectivity index (χ4n) is 1.61. The Balaban J connectivity index is 2.73. The molecule has 1 rings (SSSR count). The second kappa shape index (κ2) is 6.10. The van der Waals surface area contributed by atoms with Gasteiger partial charge in [0.05, 0.1) is 0 Å². The third-order valence-electron chi connectivity index (χ3n) is 2.76. The Hall–Kier alpha value is -0.970. The molecule has 0 heterocycles. The van der Waals surface area contributed by atoms with Crippen LogP contribution in [-0.4, -0.2) is 10.7 Å². The predicted molar refractivity (Wildman–Crippen MR) is 73.0 cm³/mol. The molecule has 2 heteroatoms.